The van der Waals surface area contributed by atoms with Gasteiger partial charge in [0.2, 0.25) is 0 Å². The first-order valence-corrected chi connectivity index (χ1v) is 9.93. The molecule has 0 radical (unpaired) electrons. The molecule has 4 aromatic rings. The van der Waals surface area contributed by atoms with Gasteiger partial charge in [-0.3, -0.25) is 9.78 Å². The average molecular weight is 463 g/mol. The monoisotopic (exact) mass is 463 g/mol. The first-order valence-electron chi connectivity index (χ1n) is 9.93. The molecule has 0 saturated heterocycles. The Balaban J connectivity index is 1.67. The molecular formula is C24H16F3N5O2. The van der Waals surface area contributed by atoms with Crippen molar-refractivity contribution in [2.24, 2.45) is 0 Å². The average Bonchev–Trinajstić information content (AvgIpc) is 3.31. The molecule has 2 N–H and O–H groups in total. The van der Waals surface area contributed by atoms with Gasteiger partial charge in [-0.15, -0.1) is 0 Å². The number of amides is 1. The van der Waals surface area contributed by atoms with Gasteiger partial charge in [-0.2, -0.15) is 23.5 Å². The first kappa shape index (κ1) is 22.7. The summed E-state index contributed by atoms with van der Waals surface area (Å²) in [5.74, 6) is -0.849. The molecule has 10 heteroatoms. The summed E-state index contributed by atoms with van der Waals surface area (Å²) < 4.78 is 40.9. The van der Waals surface area contributed by atoms with Gasteiger partial charge >= 0.3 is 6.18 Å². The Morgan fingerprint density at radius 1 is 1.06 bits per heavy atom. The summed E-state index contributed by atoms with van der Waals surface area (Å²) in [7, 11) is 0. The van der Waals surface area contributed by atoms with Crippen molar-refractivity contribution < 1.29 is 23.1 Å². The van der Waals surface area contributed by atoms with E-state index in [2.05, 4.69) is 15.4 Å². The molecule has 2 aromatic carbocycles. The zero-order chi connectivity index (χ0) is 24.3. The second-order valence-corrected chi connectivity index (χ2v) is 7.25. The van der Waals surface area contributed by atoms with E-state index in [1.54, 1.807) is 36.5 Å². The Hall–Kier alpha value is -4.49. The van der Waals surface area contributed by atoms with Crippen molar-refractivity contribution >= 4 is 11.6 Å². The fourth-order valence-electron chi connectivity index (χ4n) is 3.30. The van der Waals surface area contributed by atoms with Crippen LogP contribution in [0.1, 0.15) is 39.0 Å². The number of alkyl halides is 3. The number of rotatable bonds is 5. The summed E-state index contributed by atoms with van der Waals surface area (Å²) in [6.07, 6.45) is -2.72. The largest absolute Gasteiger partial charge is 0.435 e. The third-order valence-electron chi connectivity index (χ3n) is 4.91. The summed E-state index contributed by atoms with van der Waals surface area (Å²) in [5.41, 5.74) is -0.0439. The maximum absolute atomic E-state index is 13.3. The third kappa shape index (κ3) is 4.79. The molecule has 1 atom stereocenters. The summed E-state index contributed by atoms with van der Waals surface area (Å²) >= 11 is 0. The molecule has 4 rings (SSSR count). The van der Waals surface area contributed by atoms with E-state index in [-0.39, 0.29) is 22.6 Å². The van der Waals surface area contributed by atoms with Gasteiger partial charge in [0.25, 0.3) is 5.91 Å². The highest BCUT2D eigenvalue weighted by molar-refractivity contribution is 6.03. The van der Waals surface area contributed by atoms with Crippen LogP contribution in [-0.4, -0.2) is 25.8 Å². The summed E-state index contributed by atoms with van der Waals surface area (Å²) in [5, 5.41) is 25.8. The fraction of sp³-hybridized carbons (Fsp3) is 0.0833. The zero-order valence-electron chi connectivity index (χ0n) is 17.4. The van der Waals surface area contributed by atoms with Gasteiger partial charge in [-0.1, -0.05) is 24.3 Å². The van der Waals surface area contributed by atoms with Crippen LogP contribution < -0.4 is 5.32 Å². The Morgan fingerprint density at radius 3 is 2.53 bits per heavy atom. The van der Waals surface area contributed by atoms with Gasteiger partial charge in [0.15, 0.2) is 5.69 Å². The topological polar surface area (TPSA) is 104 Å². The lowest BCUT2D eigenvalue weighted by atomic mass is 10.0. The van der Waals surface area contributed by atoms with E-state index in [9.17, 15) is 23.1 Å². The Morgan fingerprint density at radius 2 is 1.82 bits per heavy atom. The summed E-state index contributed by atoms with van der Waals surface area (Å²) in [6, 6.07) is 17.9. The highest BCUT2D eigenvalue weighted by Crippen LogP contribution is 2.30. The van der Waals surface area contributed by atoms with E-state index in [0.29, 0.717) is 17.2 Å². The van der Waals surface area contributed by atoms with E-state index < -0.39 is 23.9 Å². The highest BCUT2D eigenvalue weighted by atomic mass is 19.4. The van der Waals surface area contributed by atoms with Crippen molar-refractivity contribution in [2.75, 3.05) is 5.32 Å². The molecule has 1 unspecified atom stereocenters. The Kier molecular flexibility index (Phi) is 6.12. The standard InChI is InChI=1S/C24H16F3N5O2/c25-24(26,27)21-12-20(32(31-21)19-8-1-4-15(10-19)13-28)23(34)30-18-7-2-5-16(11-18)22(33)17-6-3-9-29-14-17/h1-12,14,22,33H,(H,30,34). The van der Waals surface area contributed by atoms with E-state index in [1.165, 1.54) is 36.5 Å². The maximum Gasteiger partial charge on any atom is 0.435 e. The lowest BCUT2D eigenvalue weighted by Crippen LogP contribution is -2.17. The van der Waals surface area contributed by atoms with Crippen molar-refractivity contribution in [3.8, 4) is 11.8 Å². The second-order valence-electron chi connectivity index (χ2n) is 7.25. The van der Waals surface area contributed by atoms with Crippen molar-refractivity contribution in [1.29, 1.82) is 5.26 Å². The molecule has 170 valence electrons. The molecule has 0 fully saturated rings. The van der Waals surface area contributed by atoms with Gasteiger partial charge in [0.1, 0.15) is 11.8 Å². The van der Waals surface area contributed by atoms with E-state index >= 15 is 0 Å². The number of carbonyl (C=O) groups is 1. The van der Waals surface area contributed by atoms with Crippen LogP contribution in [0.5, 0.6) is 0 Å². The number of aliphatic hydroxyl groups is 1. The number of nitrogens with one attached hydrogen (secondary N) is 1. The Labute approximate surface area is 191 Å². The highest BCUT2D eigenvalue weighted by Gasteiger charge is 2.36. The molecule has 7 nitrogen and oxygen atoms in total. The molecule has 0 aliphatic heterocycles. The molecule has 0 bridgehead atoms. The van der Waals surface area contributed by atoms with Crippen LogP contribution in [0.3, 0.4) is 0 Å². The number of aliphatic hydroxyl groups excluding tert-OH is 1. The molecule has 0 saturated carbocycles. The zero-order valence-corrected chi connectivity index (χ0v) is 17.4. The summed E-state index contributed by atoms with van der Waals surface area (Å²) in [4.78, 5) is 16.9. The number of hydrogen-bond acceptors (Lipinski definition) is 5. The molecular weight excluding hydrogens is 447 g/mol. The molecule has 2 aromatic heterocycles. The van der Waals surface area contributed by atoms with Crippen molar-refractivity contribution in [2.45, 2.75) is 12.3 Å². The third-order valence-corrected chi connectivity index (χ3v) is 4.91. The van der Waals surface area contributed by atoms with Crippen molar-refractivity contribution in [3.63, 3.8) is 0 Å². The van der Waals surface area contributed by atoms with Crippen molar-refractivity contribution in [1.82, 2.24) is 14.8 Å². The number of anilines is 1. The van der Waals surface area contributed by atoms with E-state index in [1.807, 2.05) is 6.07 Å². The predicted molar refractivity (Wildman–Crippen MR) is 116 cm³/mol. The number of carbonyl (C=O) groups excluding carboxylic acids is 1. The molecule has 1 amide bonds. The van der Waals surface area contributed by atoms with Crippen LogP contribution in [-0.2, 0) is 6.18 Å². The molecule has 0 aliphatic carbocycles. The van der Waals surface area contributed by atoms with Crippen LogP contribution in [0.4, 0.5) is 18.9 Å². The number of nitrogens with zero attached hydrogens (tertiary/aromatic N) is 4. The molecule has 0 spiro atoms. The number of benzene rings is 2. The molecule has 2 heterocycles. The van der Waals surface area contributed by atoms with Crippen LogP contribution >= 0.6 is 0 Å². The number of hydrogen-bond donors (Lipinski definition) is 2. The minimum atomic E-state index is -4.78. The van der Waals surface area contributed by atoms with Crippen LogP contribution in [0.15, 0.2) is 79.1 Å². The number of halogens is 3. The number of nitriles is 1. The van der Waals surface area contributed by atoms with E-state index in [4.69, 9.17) is 5.26 Å². The van der Waals surface area contributed by atoms with Crippen molar-refractivity contribution in [3.05, 3.63) is 107 Å². The van der Waals surface area contributed by atoms with Crippen LogP contribution in [0.2, 0.25) is 0 Å². The minimum absolute atomic E-state index is 0.125. The fourth-order valence-corrected chi connectivity index (χ4v) is 3.30. The SMILES string of the molecule is N#Cc1cccc(-n2nc(C(F)(F)F)cc2C(=O)Nc2cccc(C(O)c3cccnc3)c2)c1. The second kappa shape index (κ2) is 9.17. The quantitative estimate of drug-likeness (QED) is 0.454. The lowest BCUT2D eigenvalue weighted by Gasteiger charge is -2.13. The maximum atomic E-state index is 13.3. The van der Waals surface area contributed by atoms with Gasteiger partial charge in [0, 0.05) is 29.7 Å². The lowest BCUT2D eigenvalue weighted by molar-refractivity contribution is -0.141. The smallest absolute Gasteiger partial charge is 0.384 e. The van der Waals surface area contributed by atoms with Gasteiger partial charge in [0.05, 0.1) is 17.3 Å². The minimum Gasteiger partial charge on any atom is -0.384 e. The van der Waals surface area contributed by atoms with Gasteiger partial charge in [-0.05, 0) is 42.0 Å². The van der Waals surface area contributed by atoms with Gasteiger partial charge < -0.3 is 10.4 Å². The molecule has 34 heavy (non-hydrogen) atoms. The van der Waals surface area contributed by atoms with Crippen LogP contribution in [0, 0.1) is 11.3 Å². The number of pyridine rings is 1. The Bertz CT molecular complexity index is 1380. The predicted octanol–water partition coefficient (Wildman–Crippen LogP) is 4.49. The van der Waals surface area contributed by atoms with Gasteiger partial charge in [-0.25, -0.2) is 4.68 Å². The first-order chi connectivity index (χ1) is 16.3. The van der Waals surface area contributed by atoms with E-state index in [0.717, 1.165) is 4.68 Å². The van der Waals surface area contributed by atoms with Crippen LogP contribution in [0.25, 0.3) is 5.69 Å². The molecule has 0 aliphatic rings. The summed E-state index contributed by atoms with van der Waals surface area (Å²) in [6.45, 7) is 0. The normalized spacial score (nSPS) is 12.1. The number of aromatic nitrogens is 3.